The van der Waals surface area contributed by atoms with Crippen LogP contribution in [-0.4, -0.2) is 46.2 Å². The van der Waals surface area contributed by atoms with Gasteiger partial charge in [0, 0.05) is 27.3 Å². The van der Waals surface area contributed by atoms with Crippen LogP contribution in [0.3, 0.4) is 0 Å². The fraction of sp³-hybridized carbons (Fsp3) is 0.500. The number of nitrogens with one attached hydrogen (secondary N) is 1. The van der Waals surface area contributed by atoms with Gasteiger partial charge in [0.15, 0.2) is 11.0 Å². The number of hydrogen-bond donors (Lipinski definition) is 1. The minimum absolute atomic E-state index is 0.00165. The summed E-state index contributed by atoms with van der Waals surface area (Å²) >= 11 is 3.03. The summed E-state index contributed by atoms with van der Waals surface area (Å²) < 4.78 is 6.88. The highest BCUT2D eigenvalue weighted by atomic mass is 32.2. The Kier molecular flexibility index (Phi) is 6.41. The Labute approximate surface area is 138 Å². The van der Waals surface area contributed by atoms with Gasteiger partial charge in [-0.2, -0.15) is 0 Å². The van der Waals surface area contributed by atoms with E-state index in [1.165, 1.54) is 11.8 Å². The number of thiophene rings is 1. The van der Waals surface area contributed by atoms with Gasteiger partial charge >= 0.3 is 0 Å². The van der Waals surface area contributed by atoms with Crippen molar-refractivity contribution in [2.45, 2.75) is 23.8 Å². The molecular formula is C14H20N4O2S2. The summed E-state index contributed by atoms with van der Waals surface area (Å²) in [6.07, 6.45) is 0.812. The molecule has 1 atom stereocenters. The average molecular weight is 340 g/mol. The largest absolute Gasteiger partial charge is 0.385 e. The quantitative estimate of drug-likeness (QED) is 0.589. The zero-order chi connectivity index (χ0) is 15.9. The van der Waals surface area contributed by atoms with Crippen molar-refractivity contribution in [1.82, 2.24) is 20.1 Å². The second-order valence-electron chi connectivity index (χ2n) is 4.74. The molecule has 0 aliphatic carbocycles. The van der Waals surface area contributed by atoms with Crippen LogP contribution in [0.25, 0.3) is 10.7 Å². The molecule has 1 unspecified atom stereocenters. The van der Waals surface area contributed by atoms with Crippen LogP contribution in [-0.2, 0) is 16.6 Å². The molecule has 0 fully saturated rings. The Hall–Kier alpha value is -1.38. The molecule has 0 bridgehead atoms. The first-order valence-corrected chi connectivity index (χ1v) is 8.76. The molecule has 0 spiro atoms. The zero-order valence-corrected chi connectivity index (χ0v) is 14.5. The van der Waals surface area contributed by atoms with Crippen LogP contribution in [0.1, 0.15) is 13.3 Å². The summed E-state index contributed by atoms with van der Waals surface area (Å²) in [5.41, 5.74) is 0. The Balaban J connectivity index is 1.92. The van der Waals surface area contributed by atoms with Gasteiger partial charge in [0.2, 0.25) is 5.91 Å². The van der Waals surface area contributed by atoms with E-state index in [0.29, 0.717) is 13.2 Å². The number of hydrogen-bond acceptors (Lipinski definition) is 6. The van der Waals surface area contributed by atoms with E-state index in [1.807, 2.05) is 36.1 Å². The summed E-state index contributed by atoms with van der Waals surface area (Å²) in [4.78, 5) is 13.1. The topological polar surface area (TPSA) is 69.0 Å². The third kappa shape index (κ3) is 4.31. The van der Waals surface area contributed by atoms with E-state index < -0.39 is 0 Å². The molecule has 0 aliphatic heterocycles. The summed E-state index contributed by atoms with van der Waals surface area (Å²) in [6.45, 7) is 3.14. The summed E-state index contributed by atoms with van der Waals surface area (Å²) in [6, 6.07) is 3.99. The van der Waals surface area contributed by atoms with Crippen LogP contribution in [0.4, 0.5) is 0 Å². The standard InChI is InChI=1S/C14H20N4O2S2/c1-10(13(19)15-7-5-8-20-3)22-14-17-16-12(18(14)2)11-6-4-9-21-11/h4,6,9-10H,5,7-8H2,1-3H3,(H,15,19). The van der Waals surface area contributed by atoms with E-state index in [1.54, 1.807) is 18.4 Å². The van der Waals surface area contributed by atoms with Gasteiger partial charge in [-0.15, -0.1) is 21.5 Å². The van der Waals surface area contributed by atoms with Gasteiger partial charge in [0.1, 0.15) is 0 Å². The molecule has 2 aromatic heterocycles. The lowest BCUT2D eigenvalue weighted by Crippen LogP contribution is -2.32. The van der Waals surface area contributed by atoms with Gasteiger partial charge in [-0.3, -0.25) is 4.79 Å². The summed E-state index contributed by atoms with van der Waals surface area (Å²) in [7, 11) is 3.57. The van der Waals surface area contributed by atoms with Crippen molar-refractivity contribution in [1.29, 1.82) is 0 Å². The predicted octanol–water partition coefficient (Wildman–Crippen LogP) is 2.18. The van der Waals surface area contributed by atoms with E-state index in [4.69, 9.17) is 4.74 Å². The van der Waals surface area contributed by atoms with Gasteiger partial charge in [-0.25, -0.2) is 0 Å². The first-order valence-electron chi connectivity index (χ1n) is 7.00. The second kappa shape index (κ2) is 8.30. The molecule has 22 heavy (non-hydrogen) atoms. The second-order valence-corrected chi connectivity index (χ2v) is 7.00. The molecule has 2 rings (SSSR count). The fourth-order valence-electron chi connectivity index (χ4n) is 1.82. The third-order valence-electron chi connectivity index (χ3n) is 3.05. The number of rotatable bonds is 8. The van der Waals surface area contributed by atoms with E-state index in [2.05, 4.69) is 15.5 Å². The number of ether oxygens (including phenoxy) is 1. The van der Waals surface area contributed by atoms with Crippen LogP contribution < -0.4 is 5.32 Å². The molecular weight excluding hydrogens is 320 g/mol. The van der Waals surface area contributed by atoms with Crippen molar-refractivity contribution in [2.24, 2.45) is 7.05 Å². The van der Waals surface area contributed by atoms with Gasteiger partial charge < -0.3 is 14.6 Å². The Morgan fingerprint density at radius 1 is 1.55 bits per heavy atom. The van der Waals surface area contributed by atoms with Crippen LogP contribution in [0.5, 0.6) is 0 Å². The van der Waals surface area contributed by atoms with Gasteiger partial charge in [-0.05, 0) is 24.8 Å². The number of carbonyl (C=O) groups excluding carboxylic acids is 1. The molecule has 0 saturated heterocycles. The number of nitrogens with zero attached hydrogens (tertiary/aromatic N) is 3. The van der Waals surface area contributed by atoms with E-state index >= 15 is 0 Å². The minimum atomic E-state index is -0.221. The normalized spacial score (nSPS) is 12.3. The highest BCUT2D eigenvalue weighted by molar-refractivity contribution is 8.00. The molecule has 1 amide bonds. The van der Waals surface area contributed by atoms with Crippen LogP contribution in [0.2, 0.25) is 0 Å². The molecule has 0 aromatic carbocycles. The number of carbonyl (C=O) groups is 1. The first kappa shape index (κ1) is 17.0. The van der Waals surface area contributed by atoms with E-state index in [-0.39, 0.29) is 11.2 Å². The van der Waals surface area contributed by atoms with Crippen LogP contribution in [0.15, 0.2) is 22.7 Å². The van der Waals surface area contributed by atoms with Crippen molar-refractivity contribution in [3.8, 4) is 10.7 Å². The number of thioether (sulfide) groups is 1. The molecule has 8 heteroatoms. The average Bonchev–Trinajstić information content (AvgIpc) is 3.14. The Morgan fingerprint density at radius 2 is 2.36 bits per heavy atom. The smallest absolute Gasteiger partial charge is 0.233 e. The number of methoxy groups -OCH3 is 1. The number of amides is 1. The van der Waals surface area contributed by atoms with Crippen molar-refractivity contribution in [2.75, 3.05) is 20.3 Å². The molecule has 120 valence electrons. The predicted molar refractivity (Wildman–Crippen MR) is 89.1 cm³/mol. The lowest BCUT2D eigenvalue weighted by Gasteiger charge is -2.11. The lowest BCUT2D eigenvalue weighted by molar-refractivity contribution is -0.120. The van der Waals surface area contributed by atoms with Crippen molar-refractivity contribution in [3.63, 3.8) is 0 Å². The Bertz CT molecular complexity index is 598. The van der Waals surface area contributed by atoms with E-state index in [0.717, 1.165) is 22.3 Å². The maximum absolute atomic E-state index is 12.0. The maximum atomic E-state index is 12.0. The van der Waals surface area contributed by atoms with E-state index in [9.17, 15) is 4.79 Å². The highest BCUT2D eigenvalue weighted by Crippen LogP contribution is 2.27. The van der Waals surface area contributed by atoms with Gasteiger partial charge in [0.05, 0.1) is 10.1 Å². The molecule has 6 nitrogen and oxygen atoms in total. The summed E-state index contributed by atoms with van der Waals surface area (Å²) in [5.74, 6) is 0.826. The van der Waals surface area contributed by atoms with Crippen LogP contribution in [0, 0.1) is 0 Å². The third-order valence-corrected chi connectivity index (χ3v) is 5.05. The molecule has 0 aliphatic rings. The lowest BCUT2D eigenvalue weighted by atomic mass is 10.4. The Morgan fingerprint density at radius 3 is 3.05 bits per heavy atom. The van der Waals surface area contributed by atoms with Crippen molar-refractivity contribution in [3.05, 3.63) is 17.5 Å². The SMILES string of the molecule is COCCCNC(=O)C(C)Sc1nnc(-c2cccs2)n1C. The molecule has 2 aromatic rings. The van der Waals surface area contributed by atoms with Crippen molar-refractivity contribution < 1.29 is 9.53 Å². The zero-order valence-electron chi connectivity index (χ0n) is 12.9. The maximum Gasteiger partial charge on any atom is 0.233 e. The monoisotopic (exact) mass is 340 g/mol. The minimum Gasteiger partial charge on any atom is -0.385 e. The first-order chi connectivity index (χ1) is 10.6. The molecule has 1 N–H and O–H groups in total. The van der Waals surface area contributed by atoms with Gasteiger partial charge in [-0.1, -0.05) is 17.8 Å². The van der Waals surface area contributed by atoms with Crippen molar-refractivity contribution >= 4 is 29.0 Å². The fourth-order valence-corrected chi connectivity index (χ4v) is 3.40. The van der Waals surface area contributed by atoms with Crippen LogP contribution >= 0.6 is 23.1 Å². The number of aromatic nitrogens is 3. The van der Waals surface area contributed by atoms with Gasteiger partial charge in [0.25, 0.3) is 0 Å². The summed E-state index contributed by atoms with van der Waals surface area (Å²) in [5, 5.41) is 13.8. The highest BCUT2D eigenvalue weighted by Gasteiger charge is 2.19. The molecule has 0 saturated carbocycles. The molecule has 0 radical (unpaired) electrons. The molecule has 2 heterocycles.